The summed E-state index contributed by atoms with van der Waals surface area (Å²) in [7, 11) is 1.73. The largest absolute Gasteiger partial charge is 0.403 e. The normalized spacial score (nSPS) is 22.8. The quantitative estimate of drug-likeness (QED) is 0.364. The molecule has 26 heavy (non-hydrogen) atoms. The SMILES string of the molecule is CN=C(NCC(C)CN1CCCC1)N1CCN(C(C)C(F)(F)F)CC1.I. The minimum absolute atomic E-state index is 0. The van der Waals surface area contributed by atoms with E-state index in [9.17, 15) is 13.2 Å². The van der Waals surface area contributed by atoms with Crippen molar-refractivity contribution < 1.29 is 13.2 Å². The summed E-state index contributed by atoms with van der Waals surface area (Å²) in [5, 5.41) is 3.40. The second-order valence-corrected chi connectivity index (χ2v) is 7.28. The molecule has 0 aromatic rings. The summed E-state index contributed by atoms with van der Waals surface area (Å²) in [4.78, 5) is 10.4. The number of halogens is 4. The van der Waals surface area contributed by atoms with Crippen LogP contribution in [0, 0.1) is 5.92 Å². The third-order valence-corrected chi connectivity index (χ3v) is 5.22. The zero-order chi connectivity index (χ0) is 18.4. The molecular weight excluding hydrogens is 458 g/mol. The molecule has 0 spiro atoms. The third kappa shape index (κ3) is 7.03. The number of guanidine groups is 1. The Kier molecular flexibility index (Phi) is 9.95. The molecule has 0 aliphatic carbocycles. The predicted octanol–water partition coefficient (Wildman–Crippen LogP) is 2.48. The fourth-order valence-electron chi connectivity index (χ4n) is 3.60. The Labute approximate surface area is 172 Å². The summed E-state index contributed by atoms with van der Waals surface area (Å²) in [5.74, 6) is 1.31. The van der Waals surface area contributed by atoms with E-state index in [2.05, 4.69) is 27.0 Å². The average molecular weight is 491 g/mol. The highest BCUT2D eigenvalue weighted by atomic mass is 127. The molecule has 0 radical (unpaired) electrons. The van der Waals surface area contributed by atoms with Crippen molar-refractivity contribution in [1.82, 2.24) is 20.0 Å². The lowest BCUT2D eigenvalue weighted by Gasteiger charge is -2.39. The zero-order valence-corrected chi connectivity index (χ0v) is 18.4. The third-order valence-electron chi connectivity index (χ3n) is 5.22. The van der Waals surface area contributed by atoms with E-state index in [-0.39, 0.29) is 24.0 Å². The molecule has 0 aromatic heterocycles. The molecule has 0 amide bonds. The first-order chi connectivity index (χ1) is 11.8. The molecule has 2 saturated heterocycles. The second kappa shape index (κ2) is 10.9. The van der Waals surface area contributed by atoms with E-state index in [1.807, 2.05) is 0 Å². The van der Waals surface area contributed by atoms with Crippen molar-refractivity contribution in [1.29, 1.82) is 0 Å². The number of hydrogen-bond donors (Lipinski definition) is 1. The predicted molar refractivity (Wildman–Crippen MR) is 110 cm³/mol. The van der Waals surface area contributed by atoms with Crippen LogP contribution >= 0.6 is 24.0 Å². The summed E-state index contributed by atoms with van der Waals surface area (Å²) in [5.41, 5.74) is 0. The smallest absolute Gasteiger partial charge is 0.356 e. The van der Waals surface area contributed by atoms with Gasteiger partial charge in [-0.2, -0.15) is 13.2 Å². The van der Waals surface area contributed by atoms with Crippen LogP contribution in [0.4, 0.5) is 13.2 Å². The van der Waals surface area contributed by atoms with Gasteiger partial charge in [-0.3, -0.25) is 9.89 Å². The van der Waals surface area contributed by atoms with Gasteiger partial charge >= 0.3 is 6.18 Å². The molecule has 0 bridgehead atoms. The van der Waals surface area contributed by atoms with E-state index >= 15 is 0 Å². The Morgan fingerprint density at radius 1 is 1.04 bits per heavy atom. The van der Waals surface area contributed by atoms with Crippen LogP contribution in [0.1, 0.15) is 26.7 Å². The van der Waals surface area contributed by atoms with Crippen LogP contribution in [0.5, 0.6) is 0 Å². The van der Waals surface area contributed by atoms with Crippen LogP contribution in [0.3, 0.4) is 0 Å². The van der Waals surface area contributed by atoms with Crippen LogP contribution < -0.4 is 5.32 Å². The molecule has 9 heteroatoms. The van der Waals surface area contributed by atoms with Gasteiger partial charge in [-0.1, -0.05) is 6.92 Å². The first kappa shape index (κ1) is 23.7. The van der Waals surface area contributed by atoms with Crippen molar-refractivity contribution in [2.45, 2.75) is 38.9 Å². The topological polar surface area (TPSA) is 34.1 Å². The molecular formula is C17H33F3IN5. The van der Waals surface area contributed by atoms with Gasteiger partial charge in [-0.25, -0.2) is 0 Å². The van der Waals surface area contributed by atoms with Crippen molar-refractivity contribution in [3.05, 3.63) is 0 Å². The van der Waals surface area contributed by atoms with E-state index in [1.54, 1.807) is 7.05 Å². The Morgan fingerprint density at radius 3 is 2.12 bits per heavy atom. The number of hydrogen-bond acceptors (Lipinski definition) is 3. The summed E-state index contributed by atoms with van der Waals surface area (Å²) in [6.45, 7) is 9.72. The summed E-state index contributed by atoms with van der Waals surface area (Å²) in [6.07, 6.45) is -1.57. The zero-order valence-electron chi connectivity index (χ0n) is 16.1. The molecule has 2 rings (SSSR count). The number of piperazine rings is 1. The van der Waals surface area contributed by atoms with Crippen LogP contribution in [-0.4, -0.2) is 92.3 Å². The van der Waals surface area contributed by atoms with E-state index in [4.69, 9.17) is 0 Å². The Balaban J connectivity index is 0.00000338. The minimum atomic E-state index is -4.16. The van der Waals surface area contributed by atoms with Gasteiger partial charge in [-0.05, 0) is 38.8 Å². The number of rotatable bonds is 5. The number of aliphatic imine (C=N–C) groups is 1. The molecule has 2 unspecified atom stereocenters. The van der Waals surface area contributed by atoms with E-state index in [0.29, 0.717) is 32.1 Å². The first-order valence-electron chi connectivity index (χ1n) is 9.30. The molecule has 154 valence electrons. The fraction of sp³-hybridized carbons (Fsp3) is 0.941. The highest BCUT2D eigenvalue weighted by Crippen LogP contribution is 2.25. The molecule has 5 nitrogen and oxygen atoms in total. The van der Waals surface area contributed by atoms with Gasteiger partial charge in [0.1, 0.15) is 6.04 Å². The number of nitrogens with one attached hydrogen (secondary N) is 1. The average Bonchev–Trinajstić information content (AvgIpc) is 3.07. The molecule has 2 fully saturated rings. The van der Waals surface area contributed by atoms with Crippen molar-refractivity contribution in [3.8, 4) is 0 Å². The monoisotopic (exact) mass is 491 g/mol. The van der Waals surface area contributed by atoms with Crippen LogP contribution in [0.15, 0.2) is 4.99 Å². The molecule has 2 aliphatic heterocycles. The Bertz CT molecular complexity index is 433. The first-order valence-corrected chi connectivity index (χ1v) is 9.30. The molecule has 0 saturated carbocycles. The lowest BCUT2D eigenvalue weighted by Crippen LogP contribution is -2.57. The maximum Gasteiger partial charge on any atom is 0.403 e. The lowest BCUT2D eigenvalue weighted by molar-refractivity contribution is -0.181. The van der Waals surface area contributed by atoms with Crippen molar-refractivity contribution in [2.24, 2.45) is 10.9 Å². The maximum absolute atomic E-state index is 12.8. The summed E-state index contributed by atoms with van der Waals surface area (Å²) < 4.78 is 38.5. The minimum Gasteiger partial charge on any atom is -0.356 e. The van der Waals surface area contributed by atoms with Crippen molar-refractivity contribution >= 4 is 29.9 Å². The van der Waals surface area contributed by atoms with Crippen molar-refractivity contribution in [2.75, 3.05) is 59.4 Å². The second-order valence-electron chi connectivity index (χ2n) is 7.28. The Morgan fingerprint density at radius 2 is 1.62 bits per heavy atom. The number of alkyl halides is 3. The standard InChI is InChI=1S/C17H32F3N5.HI/c1-14(13-23-6-4-5-7-23)12-22-16(21-3)25-10-8-24(9-11-25)15(2)17(18,19)20;/h14-15H,4-13H2,1-3H3,(H,21,22);1H. The highest BCUT2D eigenvalue weighted by molar-refractivity contribution is 14.0. The molecule has 0 aromatic carbocycles. The van der Waals surface area contributed by atoms with Gasteiger partial charge in [0.15, 0.2) is 5.96 Å². The molecule has 2 heterocycles. The van der Waals surface area contributed by atoms with E-state index < -0.39 is 12.2 Å². The number of nitrogens with zero attached hydrogens (tertiary/aromatic N) is 4. The lowest BCUT2D eigenvalue weighted by atomic mass is 10.1. The molecule has 2 atom stereocenters. The van der Waals surface area contributed by atoms with Gasteiger partial charge in [0, 0.05) is 46.3 Å². The van der Waals surface area contributed by atoms with Gasteiger partial charge in [0.25, 0.3) is 0 Å². The molecule has 1 N–H and O–H groups in total. The van der Waals surface area contributed by atoms with E-state index in [1.165, 1.54) is 37.8 Å². The summed E-state index contributed by atoms with van der Waals surface area (Å²) >= 11 is 0. The van der Waals surface area contributed by atoms with Gasteiger partial charge in [-0.15, -0.1) is 24.0 Å². The van der Waals surface area contributed by atoms with Crippen molar-refractivity contribution in [3.63, 3.8) is 0 Å². The van der Waals surface area contributed by atoms with Gasteiger partial charge < -0.3 is 15.1 Å². The van der Waals surface area contributed by atoms with Crippen LogP contribution in [-0.2, 0) is 0 Å². The maximum atomic E-state index is 12.8. The van der Waals surface area contributed by atoms with E-state index in [0.717, 1.165) is 19.0 Å². The number of likely N-dealkylation sites (tertiary alicyclic amines) is 1. The van der Waals surface area contributed by atoms with Gasteiger partial charge in [0.05, 0.1) is 0 Å². The van der Waals surface area contributed by atoms with Crippen LogP contribution in [0.2, 0.25) is 0 Å². The molecule has 2 aliphatic rings. The fourth-order valence-corrected chi connectivity index (χ4v) is 3.60. The van der Waals surface area contributed by atoms with Crippen LogP contribution in [0.25, 0.3) is 0 Å². The summed E-state index contributed by atoms with van der Waals surface area (Å²) in [6, 6.07) is -1.38. The highest BCUT2D eigenvalue weighted by Gasteiger charge is 2.41. The van der Waals surface area contributed by atoms with Gasteiger partial charge in [0.2, 0.25) is 0 Å². The Hall–Kier alpha value is -0.290.